The number of hydrogen-bond acceptors (Lipinski definition) is 5. The van der Waals surface area contributed by atoms with Crippen molar-refractivity contribution in [1.29, 1.82) is 5.26 Å². The van der Waals surface area contributed by atoms with E-state index in [-0.39, 0.29) is 0 Å². The van der Waals surface area contributed by atoms with Crippen LogP contribution in [0.15, 0.2) is 6.07 Å². The molecule has 82 valence electrons. The van der Waals surface area contributed by atoms with Crippen LogP contribution in [0.25, 0.3) is 0 Å². The molecule has 0 aliphatic rings. The second-order valence-electron chi connectivity index (χ2n) is 3.05. The fourth-order valence-electron chi connectivity index (χ4n) is 1.26. The summed E-state index contributed by atoms with van der Waals surface area (Å²) < 4.78 is 5.03. The molecule has 0 saturated carbocycles. The van der Waals surface area contributed by atoms with E-state index in [1.165, 1.54) is 11.3 Å². The summed E-state index contributed by atoms with van der Waals surface area (Å²) in [7, 11) is 1.68. The van der Waals surface area contributed by atoms with Crippen LogP contribution in [0.2, 0.25) is 0 Å². The van der Waals surface area contributed by atoms with E-state index in [0.717, 1.165) is 18.1 Å². The summed E-state index contributed by atoms with van der Waals surface area (Å²) in [5.74, 6) is 0. The van der Waals surface area contributed by atoms with E-state index < -0.39 is 0 Å². The summed E-state index contributed by atoms with van der Waals surface area (Å²) in [6.45, 7) is 4.44. The fraction of sp³-hybridized carbons (Fsp3) is 0.500. The van der Waals surface area contributed by atoms with Gasteiger partial charge in [0.25, 0.3) is 0 Å². The third kappa shape index (κ3) is 2.85. The van der Waals surface area contributed by atoms with E-state index >= 15 is 0 Å². The molecule has 4 nitrogen and oxygen atoms in total. The lowest BCUT2D eigenvalue weighted by molar-refractivity contribution is 0.205. The maximum atomic E-state index is 8.80. The number of methoxy groups -OCH3 is 1. The Morgan fingerprint density at radius 3 is 2.87 bits per heavy atom. The van der Waals surface area contributed by atoms with Crippen LogP contribution in [-0.2, 0) is 4.74 Å². The van der Waals surface area contributed by atoms with Gasteiger partial charge in [-0.15, -0.1) is 11.3 Å². The topological polar surface area (TPSA) is 62.3 Å². The minimum atomic E-state index is 0.563. The number of anilines is 2. The standard InChI is InChI=1S/C10H15N3OS/c1-3-13(4-5-14-2)10-6-8(12)9(7-11)15-10/h6H,3-5,12H2,1-2H3. The molecule has 0 aliphatic carbocycles. The lowest BCUT2D eigenvalue weighted by Gasteiger charge is -2.20. The summed E-state index contributed by atoms with van der Waals surface area (Å²) in [4.78, 5) is 2.73. The zero-order chi connectivity index (χ0) is 11.3. The second kappa shape index (κ2) is 5.59. The first-order chi connectivity index (χ1) is 7.22. The Labute approximate surface area is 93.9 Å². The van der Waals surface area contributed by atoms with Crippen molar-refractivity contribution in [3.05, 3.63) is 10.9 Å². The SMILES string of the molecule is CCN(CCOC)c1cc(N)c(C#N)s1. The molecule has 0 aliphatic heterocycles. The van der Waals surface area contributed by atoms with Crippen LogP contribution in [0.5, 0.6) is 0 Å². The lowest BCUT2D eigenvalue weighted by Crippen LogP contribution is -2.25. The molecule has 0 radical (unpaired) electrons. The molecule has 0 atom stereocenters. The highest BCUT2D eigenvalue weighted by Gasteiger charge is 2.10. The average molecular weight is 225 g/mol. The predicted molar refractivity (Wildman–Crippen MR) is 63.2 cm³/mol. The summed E-state index contributed by atoms with van der Waals surface area (Å²) in [6, 6.07) is 3.94. The van der Waals surface area contributed by atoms with E-state index in [0.29, 0.717) is 17.2 Å². The Morgan fingerprint density at radius 2 is 2.40 bits per heavy atom. The van der Waals surface area contributed by atoms with Gasteiger partial charge in [0.1, 0.15) is 10.9 Å². The van der Waals surface area contributed by atoms with Gasteiger partial charge in [-0.05, 0) is 13.0 Å². The number of rotatable bonds is 5. The largest absolute Gasteiger partial charge is 0.397 e. The number of nitrogens with two attached hydrogens (primary N) is 1. The number of likely N-dealkylation sites (N-methyl/N-ethyl adjacent to an activating group) is 1. The van der Waals surface area contributed by atoms with Gasteiger partial charge in [0.2, 0.25) is 0 Å². The van der Waals surface area contributed by atoms with Crippen molar-refractivity contribution in [2.45, 2.75) is 6.92 Å². The van der Waals surface area contributed by atoms with Gasteiger partial charge in [-0.2, -0.15) is 5.26 Å². The van der Waals surface area contributed by atoms with Gasteiger partial charge in [-0.3, -0.25) is 0 Å². The highest BCUT2D eigenvalue weighted by molar-refractivity contribution is 7.17. The number of nitrogens with zero attached hydrogens (tertiary/aromatic N) is 2. The fourth-order valence-corrected chi connectivity index (χ4v) is 2.23. The monoisotopic (exact) mass is 225 g/mol. The Hall–Kier alpha value is -1.25. The van der Waals surface area contributed by atoms with E-state index in [9.17, 15) is 0 Å². The van der Waals surface area contributed by atoms with Crippen molar-refractivity contribution in [3.63, 3.8) is 0 Å². The van der Waals surface area contributed by atoms with E-state index in [1.54, 1.807) is 7.11 Å². The Bertz CT molecular complexity index is 356. The number of thiophene rings is 1. The van der Waals surface area contributed by atoms with E-state index in [2.05, 4.69) is 17.9 Å². The molecule has 0 bridgehead atoms. The number of hydrogen-bond donors (Lipinski definition) is 1. The molecule has 5 heteroatoms. The Kier molecular flexibility index (Phi) is 4.40. The summed E-state index contributed by atoms with van der Waals surface area (Å²) in [5, 5.41) is 9.83. The van der Waals surface area contributed by atoms with Crippen LogP contribution in [0, 0.1) is 11.3 Å². The van der Waals surface area contributed by atoms with Crippen molar-refractivity contribution >= 4 is 22.0 Å². The Morgan fingerprint density at radius 1 is 1.67 bits per heavy atom. The molecule has 15 heavy (non-hydrogen) atoms. The molecule has 1 aromatic rings. The summed E-state index contributed by atoms with van der Waals surface area (Å²) >= 11 is 1.43. The van der Waals surface area contributed by atoms with Gasteiger partial charge in [-0.25, -0.2) is 0 Å². The molecule has 1 aromatic heterocycles. The first-order valence-corrected chi connectivity index (χ1v) is 5.57. The van der Waals surface area contributed by atoms with Crippen LogP contribution < -0.4 is 10.6 Å². The van der Waals surface area contributed by atoms with Crippen molar-refractivity contribution in [1.82, 2.24) is 0 Å². The normalized spacial score (nSPS) is 9.93. The minimum Gasteiger partial charge on any atom is -0.397 e. The maximum absolute atomic E-state index is 8.80. The van der Waals surface area contributed by atoms with Gasteiger partial charge in [0.15, 0.2) is 0 Å². The summed E-state index contributed by atoms with van der Waals surface area (Å²) in [6.07, 6.45) is 0. The number of nitriles is 1. The van der Waals surface area contributed by atoms with Gasteiger partial charge >= 0.3 is 0 Å². The molecule has 0 fully saturated rings. The molecule has 0 spiro atoms. The molecule has 1 heterocycles. The molecule has 2 N–H and O–H groups in total. The molecule has 1 rings (SSSR count). The molecular formula is C10H15N3OS. The first-order valence-electron chi connectivity index (χ1n) is 4.76. The zero-order valence-electron chi connectivity index (χ0n) is 8.99. The van der Waals surface area contributed by atoms with E-state index in [1.807, 2.05) is 6.07 Å². The quantitative estimate of drug-likeness (QED) is 0.828. The maximum Gasteiger partial charge on any atom is 0.129 e. The van der Waals surface area contributed by atoms with Crippen molar-refractivity contribution < 1.29 is 4.74 Å². The molecule has 0 aromatic carbocycles. The van der Waals surface area contributed by atoms with Gasteiger partial charge in [0, 0.05) is 20.2 Å². The van der Waals surface area contributed by atoms with Gasteiger partial charge in [-0.1, -0.05) is 0 Å². The van der Waals surface area contributed by atoms with E-state index in [4.69, 9.17) is 15.7 Å². The predicted octanol–water partition coefficient (Wildman–Crippen LogP) is 1.67. The molecular weight excluding hydrogens is 210 g/mol. The molecule has 0 amide bonds. The Balaban J connectivity index is 2.79. The average Bonchev–Trinajstić information content (AvgIpc) is 2.61. The lowest BCUT2D eigenvalue weighted by atomic mass is 10.4. The highest BCUT2D eigenvalue weighted by Crippen LogP contribution is 2.31. The zero-order valence-corrected chi connectivity index (χ0v) is 9.80. The number of nitrogen functional groups attached to an aromatic ring is 1. The molecule has 0 unspecified atom stereocenters. The third-order valence-electron chi connectivity index (χ3n) is 2.11. The van der Waals surface area contributed by atoms with Crippen LogP contribution in [0.4, 0.5) is 10.7 Å². The minimum absolute atomic E-state index is 0.563. The van der Waals surface area contributed by atoms with Crippen LogP contribution in [0.3, 0.4) is 0 Å². The third-order valence-corrected chi connectivity index (χ3v) is 3.22. The van der Waals surface area contributed by atoms with Gasteiger partial charge < -0.3 is 15.4 Å². The van der Waals surface area contributed by atoms with Crippen LogP contribution in [-0.4, -0.2) is 26.8 Å². The molecule has 0 saturated heterocycles. The van der Waals surface area contributed by atoms with Crippen LogP contribution >= 0.6 is 11.3 Å². The van der Waals surface area contributed by atoms with Crippen molar-refractivity contribution in [2.75, 3.05) is 37.4 Å². The summed E-state index contributed by atoms with van der Waals surface area (Å²) in [5.41, 5.74) is 6.27. The van der Waals surface area contributed by atoms with Crippen molar-refractivity contribution in [2.24, 2.45) is 0 Å². The first kappa shape index (κ1) is 11.8. The second-order valence-corrected chi connectivity index (χ2v) is 4.08. The van der Waals surface area contributed by atoms with Crippen LogP contribution in [0.1, 0.15) is 11.8 Å². The highest BCUT2D eigenvalue weighted by atomic mass is 32.1. The smallest absolute Gasteiger partial charge is 0.129 e. The van der Waals surface area contributed by atoms with Gasteiger partial charge in [0.05, 0.1) is 17.3 Å². The van der Waals surface area contributed by atoms with Crippen molar-refractivity contribution in [3.8, 4) is 6.07 Å². The number of ether oxygens (including phenoxy) is 1.